The predicted molar refractivity (Wildman–Crippen MR) is 75.6 cm³/mol. The lowest BCUT2D eigenvalue weighted by Gasteiger charge is -2.15. The molecular formula is C14H17N3O3. The van der Waals surface area contributed by atoms with Gasteiger partial charge in [0.15, 0.2) is 5.82 Å². The minimum Gasteiger partial charge on any atom is -0.396 e. The maximum atomic E-state index is 12.1. The molecule has 2 aromatic rings. The van der Waals surface area contributed by atoms with Gasteiger partial charge in [0.2, 0.25) is 0 Å². The van der Waals surface area contributed by atoms with Crippen molar-refractivity contribution >= 4 is 16.8 Å². The van der Waals surface area contributed by atoms with Crippen LogP contribution in [0.1, 0.15) is 30.4 Å². The van der Waals surface area contributed by atoms with Crippen LogP contribution in [0.15, 0.2) is 29.1 Å². The van der Waals surface area contributed by atoms with Crippen LogP contribution in [0.2, 0.25) is 0 Å². The van der Waals surface area contributed by atoms with Gasteiger partial charge in [0.25, 0.3) is 11.5 Å². The lowest BCUT2D eigenvalue weighted by Crippen LogP contribution is -2.36. The fraction of sp³-hybridized carbons (Fsp3) is 0.357. The molecule has 0 radical (unpaired) electrons. The van der Waals surface area contributed by atoms with Crippen molar-refractivity contribution < 1.29 is 9.90 Å². The van der Waals surface area contributed by atoms with Crippen molar-refractivity contribution in [1.82, 2.24) is 15.3 Å². The molecule has 0 aliphatic heterocycles. The number of benzene rings is 1. The van der Waals surface area contributed by atoms with E-state index in [0.717, 1.165) is 0 Å². The fourth-order valence-corrected chi connectivity index (χ4v) is 1.98. The molecule has 0 spiro atoms. The van der Waals surface area contributed by atoms with Gasteiger partial charge >= 0.3 is 0 Å². The Labute approximate surface area is 115 Å². The van der Waals surface area contributed by atoms with Gasteiger partial charge in [-0.2, -0.15) is 0 Å². The molecule has 2 rings (SSSR count). The summed E-state index contributed by atoms with van der Waals surface area (Å²) in [6.45, 7) is 1.91. The summed E-state index contributed by atoms with van der Waals surface area (Å²) < 4.78 is 0. The molecule has 0 saturated carbocycles. The van der Waals surface area contributed by atoms with Gasteiger partial charge in [0.05, 0.1) is 10.9 Å². The smallest absolute Gasteiger partial charge is 0.287 e. The summed E-state index contributed by atoms with van der Waals surface area (Å²) in [4.78, 5) is 30.6. The molecule has 1 aromatic heterocycles. The number of H-pyrrole nitrogens is 1. The number of amides is 1. The minimum atomic E-state index is -0.437. The summed E-state index contributed by atoms with van der Waals surface area (Å²) in [7, 11) is 0. The van der Waals surface area contributed by atoms with Crippen molar-refractivity contribution in [1.29, 1.82) is 0 Å². The van der Waals surface area contributed by atoms with Crippen LogP contribution in [0.5, 0.6) is 0 Å². The first kappa shape index (κ1) is 14.2. The van der Waals surface area contributed by atoms with Crippen LogP contribution in [-0.2, 0) is 0 Å². The SMILES string of the molecule is CCC(CCO)NC(=O)c1nc2ccccc2c(=O)[nH]1. The summed E-state index contributed by atoms with van der Waals surface area (Å²) in [6, 6.07) is 6.71. The van der Waals surface area contributed by atoms with E-state index in [4.69, 9.17) is 5.11 Å². The highest BCUT2D eigenvalue weighted by Gasteiger charge is 2.15. The number of rotatable bonds is 5. The first-order chi connectivity index (χ1) is 9.65. The first-order valence-electron chi connectivity index (χ1n) is 6.56. The van der Waals surface area contributed by atoms with E-state index in [-0.39, 0.29) is 24.0 Å². The molecule has 0 aliphatic rings. The van der Waals surface area contributed by atoms with Gasteiger partial charge in [0, 0.05) is 12.6 Å². The molecular weight excluding hydrogens is 258 g/mol. The zero-order chi connectivity index (χ0) is 14.5. The lowest BCUT2D eigenvalue weighted by molar-refractivity contribution is 0.0918. The molecule has 0 fully saturated rings. The number of aromatic nitrogens is 2. The summed E-state index contributed by atoms with van der Waals surface area (Å²) in [5.41, 5.74) is 0.146. The van der Waals surface area contributed by atoms with Gasteiger partial charge < -0.3 is 15.4 Å². The standard InChI is InChI=1S/C14H17N3O3/c1-2-9(7-8-18)15-14(20)12-16-11-6-4-3-5-10(11)13(19)17-12/h3-6,9,18H,2,7-8H2,1H3,(H,15,20)(H,16,17,19). The number of aliphatic hydroxyl groups excluding tert-OH is 1. The highest BCUT2D eigenvalue weighted by atomic mass is 16.3. The zero-order valence-electron chi connectivity index (χ0n) is 11.2. The first-order valence-corrected chi connectivity index (χ1v) is 6.56. The molecule has 6 heteroatoms. The average molecular weight is 275 g/mol. The third-order valence-electron chi connectivity index (χ3n) is 3.13. The van der Waals surface area contributed by atoms with E-state index in [2.05, 4.69) is 15.3 Å². The highest BCUT2D eigenvalue weighted by molar-refractivity contribution is 5.92. The maximum Gasteiger partial charge on any atom is 0.287 e. The van der Waals surface area contributed by atoms with E-state index in [1.807, 2.05) is 6.92 Å². The van der Waals surface area contributed by atoms with Gasteiger partial charge in [-0.3, -0.25) is 9.59 Å². The molecule has 1 aromatic carbocycles. The molecule has 0 bridgehead atoms. The Bertz CT molecular complexity index is 666. The molecule has 6 nitrogen and oxygen atoms in total. The highest BCUT2D eigenvalue weighted by Crippen LogP contribution is 2.06. The Morgan fingerprint density at radius 1 is 1.45 bits per heavy atom. The van der Waals surface area contributed by atoms with Crippen molar-refractivity contribution in [2.24, 2.45) is 0 Å². The molecule has 1 unspecified atom stereocenters. The lowest BCUT2D eigenvalue weighted by atomic mass is 10.1. The molecule has 0 aliphatic carbocycles. The zero-order valence-corrected chi connectivity index (χ0v) is 11.2. The molecule has 20 heavy (non-hydrogen) atoms. The van der Waals surface area contributed by atoms with E-state index >= 15 is 0 Å². The third kappa shape index (κ3) is 3.03. The van der Waals surface area contributed by atoms with Crippen molar-refractivity contribution in [2.75, 3.05) is 6.61 Å². The number of carbonyl (C=O) groups excluding carboxylic acids is 1. The normalized spacial score (nSPS) is 12.3. The van der Waals surface area contributed by atoms with Gasteiger partial charge in [-0.05, 0) is 25.0 Å². The number of nitrogens with zero attached hydrogens (tertiary/aromatic N) is 1. The van der Waals surface area contributed by atoms with Crippen molar-refractivity contribution in [3.63, 3.8) is 0 Å². The second-order valence-electron chi connectivity index (χ2n) is 4.52. The summed E-state index contributed by atoms with van der Waals surface area (Å²) in [6.07, 6.45) is 1.17. The van der Waals surface area contributed by atoms with E-state index in [9.17, 15) is 9.59 Å². The van der Waals surface area contributed by atoms with Gasteiger partial charge in [-0.1, -0.05) is 19.1 Å². The van der Waals surface area contributed by atoms with E-state index < -0.39 is 5.91 Å². The number of fused-ring (bicyclic) bond motifs is 1. The van der Waals surface area contributed by atoms with E-state index in [1.165, 1.54) is 0 Å². The van der Waals surface area contributed by atoms with Crippen molar-refractivity contribution in [3.8, 4) is 0 Å². The Hall–Kier alpha value is -2.21. The topological polar surface area (TPSA) is 95.1 Å². The minimum absolute atomic E-state index is 0.000452. The molecule has 1 heterocycles. The molecule has 106 valence electrons. The van der Waals surface area contributed by atoms with Gasteiger partial charge in [-0.25, -0.2) is 4.98 Å². The number of carbonyl (C=O) groups is 1. The second kappa shape index (κ2) is 6.29. The number of aromatic amines is 1. The molecule has 1 amide bonds. The van der Waals surface area contributed by atoms with Gasteiger partial charge in [-0.15, -0.1) is 0 Å². The van der Waals surface area contributed by atoms with Crippen molar-refractivity contribution in [3.05, 3.63) is 40.4 Å². The van der Waals surface area contributed by atoms with E-state index in [0.29, 0.717) is 23.7 Å². The number of hydrogen-bond donors (Lipinski definition) is 3. The molecule has 1 atom stereocenters. The second-order valence-corrected chi connectivity index (χ2v) is 4.52. The van der Waals surface area contributed by atoms with E-state index in [1.54, 1.807) is 24.3 Å². The summed E-state index contributed by atoms with van der Waals surface area (Å²) in [5.74, 6) is -0.446. The Balaban J connectivity index is 2.28. The van der Waals surface area contributed by atoms with Crippen LogP contribution >= 0.6 is 0 Å². The van der Waals surface area contributed by atoms with Crippen LogP contribution in [0.4, 0.5) is 0 Å². The monoisotopic (exact) mass is 275 g/mol. The largest absolute Gasteiger partial charge is 0.396 e. The molecule has 0 saturated heterocycles. The fourth-order valence-electron chi connectivity index (χ4n) is 1.98. The van der Waals surface area contributed by atoms with Crippen LogP contribution in [0.25, 0.3) is 10.9 Å². The number of nitrogens with one attached hydrogen (secondary N) is 2. The van der Waals surface area contributed by atoms with Gasteiger partial charge in [0.1, 0.15) is 0 Å². The average Bonchev–Trinajstić information content (AvgIpc) is 2.46. The van der Waals surface area contributed by atoms with Crippen LogP contribution in [-0.4, -0.2) is 33.6 Å². The Morgan fingerprint density at radius 3 is 2.90 bits per heavy atom. The van der Waals surface area contributed by atoms with Crippen LogP contribution < -0.4 is 10.9 Å². The van der Waals surface area contributed by atoms with Crippen molar-refractivity contribution in [2.45, 2.75) is 25.8 Å². The number of hydrogen-bond acceptors (Lipinski definition) is 4. The predicted octanol–water partition coefficient (Wildman–Crippen LogP) is 0.814. The third-order valence-corrected chi connectivity index (χ3v) is 3.13. The quantitative estimate of drug-likeness (QED) is 0.752. The van der Waals surface area contributed by atoms with Crippen LogP contribution in [0, 0.1) is 0 Å². The summed E-state index contributed by atoms with van der Waals surface area (Å²) >= 11 is 0. The summed E-state index contributed by atoms with van der Waals surface area (Å²) in [5, 5.41) is 12.1. The number of aliphatic hydroxyl groups is 1. The Morgan fingerprint density at radius 2 is 2.20 bits per heavy atom. The maximum absolute atomic E-state index is 12.1. The molecule has 3 N–H and O–H groups in total. The number of para-hydroxylation sites is 1. The Kier molecular flexibility index (Phi) is 4.47. The van der Waals surface area contributed by atoms with Crippen LogP contribution in [0.3, 0.4) is 0 Å².